The van der Waals surface area contributed by atoms with Crippen molar-refractivity contribution < 1.29 is 24.2 Å². The molecule has 0 heterocycles. The Bertz CT molecular complexity index is 511. The predicted molar refractivity (Wildman–Crippen MR) is 78.0 cm³/mol. The van der Waals surface area contributed by atoms with Gasteiger partial charge in [-0.1, -0.05) is 38.1 Å². The number of esters is 1. The first kappa shape index (κ1) is 18.8. The van der Waals surface area contributed by atoms with Crippen LogP contribution in [0.2, 0.25) is 0 Å². The fourth-order valence-corrected chi connectivity index (χ4v) is 1.32. The zero-order valence-corrected chi connectivity index (χ0v) is 12.6. The predicted octanol–water partition coefficient (Wildman–Crippen LogP) is 1.41. The van der Waals surface area contributed by atoms with E-state index in [9.17, 15) is 14.4 Å². The minimum atomic E-state index is -0.931. The van der Waals surface area contributed by atoms with E-state index in [1.54, 1.807) is 39.0 Å². The normalized spacial score (nSPS) is 11.1. The van der Waals surface area contributed by atoms with Crippen molar-refractivity contribution in [2.24, 2.45) is 11.7 Å². The molecule has 0 amide bonds. The molecule has 1 atom stereocenters. The molecule has 0 aliphatic carbocycles. The second-order valence-electron chi connectivity index (χ2n) is 4.74. The van der Waals surface area contributed by atoms with Gasteiger partial charge in [-0.2, -0.15) is 0 Å². The molecule has 3 N–H and O–H groups in total. The van der Waals surface area contributed by atoms with E-state index in [0.29, 0.717) is 5.56 Å². The third-order valence-electron chi connectivity index (χ3n) is 2.76. The molecule has 0 aromatic heterocycles. The molecule has 6 heteroatoms. The summed E-state index contributed by atoms with van der Waals surface area (Å²) in [5, 5.41) is 8.23. The maximum absolute atomic E-state index is 11.3. The van der Waals surface area contributed by atoms with E-state index in [0.717, 1.165) is 5.56 Å². The molecule has 0 radical (unpaired) electrons. The van der Waals surface area contributed by atoms with Gasteiger partial charge in [0.05, 0.1) is 7.11 Å². The van der Waals surface area contributed by atoms with Gasteiger partial charge in [0.25, 0.3) is 5.78 Å². The van der Waals surface area contributed by atoms with Crippen LogP contribution in [0.5, 0.6) is 0 Å². The Morgan fingerprint density at radius 2 is 1.71 bits per heavy atom. The number of ketones is 1. The summed E-state index contributed by atoms with van der Waals surface area (Å²) >= 11 is 0. The average molecular weight is 295 g/mol. The number of carboxylic acids is 1. The van der Waals surface area contributed by atoms with Crippen LogP contribution < -0.4 is 5.73 Å². The quantitative estimate of drug-likeness (QED) is 0.494. The lowest BCUT2D eigenvalue weighted by molar-refractivity contribution is -0.139. The summed E-state index contributed by atoms with van der Waals surface area (Å²) in [5.74, 6) is -2.33. The van der Waals surface area contributed by atoms with E-state index in [4.69, 9.17) is 10.8 Å². The maximum Gasteiger partial charge on any atom is 0.379 e. The van der Waals surface area contributed by atoms with Crippen LogP contribution in [0.3, 0.4) is 0 Å². The molecule has 0 fully saturated rings. The van der Waals surface area contributed by atoms with Gasteiger partial charge in [0.1, 0.15) is 6.04 Å². The summed E-state index contributed by atoms with van der Waals surface area (Å²) in [4.78, 5) is 32.2. The van der Waals surface area contributed by atoms with Crippen molar-refractivity contribution >= 4 is 17.7 Å². The van der Waals surface area contributed by atoms with E-state index < -0.39 is 23.8 Å². The SMILES string of the molecule is CC(C)[C@H](N)C(=O)O.COC(=O)C(=O)c1ccccc1C. The highest BCUT2D eigenvalue weighted by Gasteiger charge is 2.17. The van der Waals surface area contributed by atoms with E-state index in [1.807, 2.05) is 6.07 Å². The van der Waals surface area contributed by atoms with Crippen LogP contribution in [-0.4, -0.2) is 36.0 Å². The summed E-state index contributed by atoms with van der Waals surface area (Å²) in [5.41, 5.74) is 6.33. The second-order valence-corrected chi connectivity index (χ2v) is 4.74. The Hall–Kier alpha value is -2.21. The van der Waals surface area contributed by atoms with Crippen LogP contribution in [0.15, 0.2) is 24.3 Å². The Kier molecular flexibility index (Phi) is 7.93. The number of hydrogen-bond acceptors (Lipinski definition) is 5. The highest BCUT2D eigenvalue weighted by atomic mass is 16.5. The van der Waals surface area contributed by atoms with E-state index in [1.165, 1.54) is 7.11 Å². The van der Waals surface area contributed by atoms with Crippen molar-refractivity contribution in [3.05, 3.63) is 35.4 Å². The summed E-state index contributed by atoms with van der Waals surface area (Å²) in [7, 11) is 1.19. The number of Topliss-reactive ketones (excluding diaryl/α,β-unsaturated/α-hetero) is 1. The van der Waals surface area contributed by atoms with Crippen molar-refractivity contribution in [2.45, 2.75) is 26.8 Å². The number of methoxy groups -OCH3 is 1. The summed E-state index contributed by atoms with van der Waals surface area (Å²) in [6, 6.07) is 6.19. The Balaban J connectivity index is 0.000000433. The molecule has 0 saturated heterocycles. The molecule has 0 unspecified atom stereocenters. The Morgan fingerprint density at radius 3 is 2.05 bits per heavy atom. The van der Waals surface area contributed by atoms with Gasteiger partial charge in [-0.15, -0.1) is 0 Å². The number of aryl methyl sites for hydroxylation is 1. The number of rotatable bonds is 4. The smallest absolute Gasteiger partial charge is 0.379 e. The molecule has 1 rings (SSSR count). The summed E-state index contributed by atoms with van der Waals surface area (Å²) in [6.45, 7) is 5.33. The Morgan fingerprint density at radius 1 is 1.19 bits per heavy atom. The van der Waals surface area contributed by atoms with Gasteiger partial charge in [0.15, 0.2) is 0 Å². The number of carbonyl (C=O) groups excluding carboxylic acids is 2. The molecule has 1 aromatic rings. The number of carbonyl (C=O) groups is 3. The monoisotopic (exact) mass is 295 g/mol. The topological polar surface area (TPSA) is 107 Å². The largest absolute Gasteiger partial charge is 0.480 e. The first-order chi connectivity index (χ1) is 9.72. The van der Waals surface area contributed by atoms with Crippen LogP contribution in [-0.2, 0) is 14.3 Å². The van der Waals surface area contributed by atoms with E-state index >= 15 is 0 Å². The van der Waals surface area contributed by atoms with Gasteiger partial charge < -0.3 is 15.6 Å². The standard InChI is InChI=1S/C10H10O3.C5H11NO2/c1-7-5-3-4-6-8(7)9(11)10(12)13-2;1-3(2)4(6)5(7)8/h3-6H,1-2H3;3-4H,6H2,1-2H3,(H,7,8)/t;4-/m.0/s1. The molecule has 0 saturated carbocycles. The van der Waals surface area contributed by atoms with E-state index in [2.05, 4.69) is 4.74 Å². The molecule has 0 spiro atoms. The zero-order chi connectivity index (χ0) is 16.6. The van der Waals surface area contributed by atoms with Gasteiger partial charge in [-0.3, -0.25) is 9.59 Å². The number of aliphatic carboxylic acids is 1. The number of ether oxygens (including phenoxy) is 1. The lowest BCUT2D eigenvalue weighted by atomic mass is 10.1. The van der Waals surface area contributed by atoms with Gasteiger partial charge >= 0.3 is 11.9 Å². The van der Waals surface area contributed by atoms with Gasteiger partial charge in [-0.05, 0) is 18.4 Å². The van der Waals surface area contributed by atoms with Crippen molar-refractivity contribution in [3.8, 4) is 0 Å². The summed E-state index contributed by atoms with van der Waals surface area (Å²) in [6.07, 6.45) is 0. The number of carboxylic acid groups (broad SMARTS) is 1. The van der Waals surface area contributed by atoms with Gasteiger partial charge in [0.2, 0.25) is 0 Å². The number of nitrogens with two attached hydrogens (primary N) is 1. The Labute approximate surface area is 123 Å². The third kappa shape index (κ3) is 6.18. The zero-order valence-electron chi connectivity index (χ0n) is 12.6. The lowest BCUT2D eigenvalue weighted by Gasteiger charge is -2.07. The van der Waals surface area contributed by atoms with Gasteiger partial charge in [0, 0.05) is 5.56 Å². The van der Waals surface area contributed by atoms with Crippen molar-refractivity contribution in [1.82, 2.24) is 0 Å². The average Bonchev–Trinajstić information content (AvgIpc) is 2.45. The van der Waals surface area contributed by atoms with Crippen LogP contribution in [0.25, 0.3) is 0 Å². The number of hydrogen-bond donors (Lipinski definition) is 2. The van der Waals surface area contributed by atoms with Crippen LogP contribution in [0.1, 0.15) is 29.8 Å². The highest BCUT2D eigenvalue weighted by molar-refractivity contribution is 6.40. The van der Waals surface area contributed by atoms with E-state index in [-0.39, 0.29) is 5.92 Å². The molecule has 6 nitrogen and oxygen atoms in total. The van der Waals surface area contributed by atoms with Crippen LogP contribution in [0.4, 0.5) is 0 Å². The molecule has 1 aromatic carbocycles. The highest BCUT2D eigenvalue weighted by Crippen LogP contribution is 2.08. The van der Waals surface area contributed by atoms with Crippen molar-refractivity contribution in [1.29, 1.82) is 0 Å². The van der Waals surface area contributed by atoms with Crippen molar-refractivity contribution in [3.63, 3.8) is 0 Å². The maximum atomic E-state index is 11.3. The molecule has 21 heavy (non-hydrogen) atoms. The van der Waals surface area contributed by atoms with Crippen LogP contribution >= 0.6 is 0 Å². The second kappa shape index (κ2) is 8.86. The molecular weight excluding hydrogens is 274 g/mol. The van der Waals surface area contributed by atoms with Gasteiger partial charge in [-0.25, -0.2) is 4.79 Å². The fourth-order valence-electron chi connectivity index (χ4n) is 1.32. The van der Waals surface area contributed by atoms with Crippen molar-refractivity contribution in [2.75, 3.05) is 7.11 Å². The fraction of sp³-hybridized carbons (Fsp3) is 0.400. The minimum absolute atomic E-state index is 0.0208. The van der Waals surface area contributed by atoms with Crippen LogP contribution in [0, 0.1) is 12.8 Å². The lowest BCUT2D eigenvalue weighted by Crippen LogP contribution is -2.34. The molecule has 0 aliphatic heterocycles. The minimum Gasteiger partial charge on any atom is -0.480 e. The molecule has 116 valence electrons. The first-order valence-corrected chi connectivity index (χ1v) is 6.39. The number of benzene rings is 1. The first-order valence-electron chi connectivity index (χ1n) is 6.39. The molecule has 0 bridgehead atoms. The molecule has 0 aliphatic rings. The third-order valence-corrected chi connectivity index (χ3v) is 2.76. The molecular formula is C15H21NO5. The summed E-state index contributed by atoms with van der Waals surface area (Å²) < 4.78 is 4.33.